The highest BCUT2D eigenvalue weighted by atomic mass is 16.3. The van der Waals surface area contributed by atoms with E-state index in [1.54, 1.807) is 0 Å². The Morgan fingerprint density at radius 3 is 2.18 bits per heavy atom. The van der Waals surface area contributed by atoms with Crippen LogP contribution in [0, 0.1) is 0 Å². The predicted octanol–water partition coefficient (Wildman–Crippen LogP) is 4.17. The Hall–Kier alpha value is -1.22. The lowest BCUT2D eigenvalue weighted by Gasteiger charge is -2.37. The van der Waals surface area contributed by atoms with E-state index in [9.17, 15) is 10.2 Å². The summed E-state index contributed by atoms with van der Waals surface area (Å²) in [5, 5.41) is 20.9. The van der Waals surface area contributed by atoms with Gasteiger partial charge in [0.05, 0.1) is 0 Å². The minimum atomic E-state index is 0.304. The van der Waals surface area contributed by atoms with Crippen molar-refractivity contribution >= 4 is 0 Å². The standard InChI is InChI=1S/C19H29NO2/c1-3-4-5-6-13-9-17(21)19(18(22)10-13)14-11-15-7-8-16(12-14)20(15)2/h9-10,14-16,21-22H,3-8,11-12H2,1-2H3. The summed E-state index contributed by atoms with van der Waals surface area (Å²) in [4.78, 5) is 2.49. The first-order valence-electron chi connectivity index (χ1n) is 8.86. The summed E-state index contributed by atoms with van der Waals surface area (Å²) < 4.78 is 0. The van der Waals surface area contributed by atoms with Crippen LogP contribution >= 0.6 is 0 Å². The molecular formula is C19H29NO2. The molecule has 3 nitrogen and oxygen atoms in total. The van der Waals surface area contributed by atoms with E-state index in [2.05, 4.69) is 18.9 Å². The van der Waals surface area contributed by atoms with Crippen LogP contribution in [0.25, 0.3) is 0 Å². The second-order valence-corrected chi connectivity index (χ2v) is 7.22. The molecule has 0 amide bonds. The molecule has 2 aliphatic rings. The number of aryl methyl sites for hydroxylation is 1. The summed E-state index contributed by atoms with van der Waals surface area (Å²) in [5.74, 6) is 0.916. The van der Waals surface area contributed by atoms with Gasteiger partial charge >= 0.3 is 0 Å². The van der Waals surface area contributed by atoms with E-state index in [1.807, 2.05) is 12.1 Å². The maximum absolute atomic E-state index is 10.5. The number of phenols is 2. The number of fused-ring (bicyclic) bond motifs is 2. The number of phenolic OH excluding ortho intramolecular Hbond substituents is 2. The Morgan fingerprint density at radius 1 is 1.05 bits per heavy atom. The molecule has 1 aromatic carbocycles. The van der Waals surface area contributed by atoms with Gasteiger partial charge in [0.2, 0.25) is 0 Å². The molecule has 0 spiro atoms. The Bertz CT molecular complexity index is 491. The van der Waals surface area contributed by atoms with Crippen LogP contribution in [-0.2, 0) is 6.42 Å². The van der Waals surface area contributed by atoms with Gasteiger partial charge < -0.3 is 15.1 Å². The lowest BCUT2D eigenvalue weighted by molar-refractivity contribution is 0.159. The quantitative estimate of drug-likeness (QED) is 0.802. The summed E-state index contributed by atoms with van der Waals surface area (Å²) in [5.41, 5.74) is 1.85. The zero-order valence-electron chi connectivity index (χ0n) is 13.9. The highest BCUT2D eigenvalue weighted by Gasteiger charge is 2.40. The van der Waals surface area contributed by atoms with E-state index in [1.165, 1.54) is 25.7 Å². The highest BCUT2D eigenvalue weighted by molar-refractivity contribution is 5.49. The van der Waals surface area contributed by atoms with E-state index in [0.717, 1.165) is 36.8 Å². The molecule has 22 heavy (non-hydrogen) atoms. The van der Waals surface area contributed by atoms with Gasteiger partial charge in [-0.3, -0.25) is 0 Å². The maximum atomic E-state index is 10.5. The number of hydrogen-bond acceptors (Lipinski definition) is 3. The van der Waals surface area contributed by atoms with Crippen molar-refractivity contribution in [3.63, 3.8) is 0 Å². The predicted molar refractivity (Wildman–Crippen MR) is 89.5 cm³/mol. The van der Waals surface area contributed by atoms with Gasteiger partial charge in [-0.15, -0.1) is 0 Å². The molecule has 0 saturated carbocycles. The van der Waals surface area contributed by atoms with E-state index < -0.39 is 0 Å². The fourth-order valence-corrected chi connectivity index (χ4v) is 4.47. The third kappa shape index (κ3) is 2.96. The van der Waals surface area contributed by atoms with Crippen molar-refractivity contribution in [3.05, 3.63) is 23.3 Å². The van der Waals surface area contributed by atoms with E-state index in [4.69, 9.17) is 0 Å². The van der Waals surface area contributed by atoms with Crippen LogP contribution in [0.1, 0.15) is 68.9 Å². The summed E-state index contributed by atoms with van der Waals surface area (Å²) in [7, 11) is 2.22. The van der Waals surface area contributed by atoms with Gasteiger partial charge in [0, 0.05) is 17.6 Å². The Balaban J connectivity index is 1.77. The van der Waals surface area contributed by atoms with Crippen LogP contribution in [0.3, 0.4) is 0 Å². The molecule has 2 heterocycles. The first-order valence-corrected chi connectivity index (χ1v) is 8.86. The largest absolute Gasteiger partial charge is 0.508 e. The fourth-order valence-electron chi connectivity index (χ4n) is 4.47. The van der Waals surface area contributed by atoms with Crippen LogP contribution in [-0.4, -0.2) is 34.2 Å². The average Bonchev–Trinajstić information content (AvgIpc) is 2.70. The molecule has 2 saturated heterocycles. The van der Waals surface area contributed by atoms with Crippen LogP contribution in [0.4, 0.5) is 0 Å². The minimum Gasteiger partial charge on any atom is -0.508 e. The third-order valence-electron chi connectivity index (χ3n) is 5.77. The molecule has 2 N–H and O–H groups in total. The van der Waals surface area contributed by atoms with Crippen LogP contribution < -0.4 is 0 Å². The van der Waals surface area contributed by atoms with Crippen molar-refractivity contribution in [1.29, 1.82) is 0 Å². The summed E-state index contributed by atoms with van der Waals surface area (Å²) in [6.45, 7) is 2.19. The van der Waals surface area contributed by atoms with Crippen LogP contribution in [0.5, 0.6) is 11.5 Å². The Morgan fingerprint density at radius 2 is 1.64 bits per heavy atom. The molecule has 3 heteroatoms. The van der Waals surface area contributed by atoms with Gasteiger partial charge in [0.1, 0.15) is 11.5 Å². The molecule has 2 unspecified atom stereocenters. The van der Waals surface area contributed by atoms with Crippen molar-refractivity contribution < 1.29 is 10.2 Å². The Labute approximate surface area is 134 Å². The van der Waals surface area contributed by atoms with Crippen LogP contribution in [0.2, 0.25) is 0 Å². The molecule has 1 aromatic rings. The monoisotopic (exact) mass is 303 g/mol. The molecule has 0 radical (unpaired) electrons. The zero-order chi connectivity index (χ0) is 15.7. The number of piperidine rings is 1. The highest BCUT2D eigenvalue weighted by Crippen LogP contribution is 2.47. The Kier molecular flexibility index (Phi) is 4.62. The van der Waals surface area contributed by atoms with Gasteiger partial charge in [0.25, 0.3) is 0 Å². The molecule has 2 atom stereocenters. The summed E-state index contributed by atoms with van der Waals surface area (Å²) in [6, 6.07) is 4.99. The van der Waals surface area contributed by atoms with Crippen LogP contribution in [0.15, 0.2) is 12.1 Å². The molecule has 122 valence electrons. The fraction of sp³-hybridized carbons (Fsp3) is 0.684. The SMILES string of the molecule is CCCCCc1cc(O)c(C2CC3CCC(C2)N3C)c(O)c1. The zero-order valence-corrected chi connectivity index (χ0v) is 13.9. The third-order valence-corrected chi connectivity index (χ3v) is 5.77. The lowest BCUT2D eigenvalue weighted by atomic mass is 9.83. The molecule has 2 bridgehead atoms. The number of aromatic hydroxyl groups is 2. The second kappa shape index (κ2) is 6.49. The van der Waals surface area contributed by atoms with Crippen molar-refractivity contribution in [2.45, 2.75) is 76.3 Å². The first-order chi connectivity index (χ1) is 10.6. The molecule has 3 rings (SSSR count). The number of hydrogen-bond donors (Lipinski definition) is 2. The average molecular weight is 303 g/mol. The summed E-state index contributed by atoms with van der Waals surface area (Å²) in [6.07, 6.45) is 9.08. The molecule has 2 fully saturated rings. The van der Waals surface area contributed by atoms with Crippen molar-refractivity contribution in [2.24, 2.45) is 0 Å². The van der Waals surface area contributed by atoms with Gasteiger partial charge in [-0.2, -0.15) is 0 Å². The summed E-state index contributed by atoms with van der Waals surface area (Å²) >= 11 is 0. The van der Waals surface area contributed by atoms with Gasteiger partial charge in [-0.25, -0.2) is 0 Å². The molecular weight excluding hydrogens is 274 g/mol. The number of nitrogens with zero attached hydrogens (tertiary/aromatic N) is 1. The number of benzene rings is 1. The van der Waals surface area contributed by atoms with Gasteiger partial charge in [-0.05, 0) is 69.2 Å². The van der Waals surface area contributed by atoms with Crippen molar-refractivity contribution in [3.8, 4) is 11.5 Å². The normalized spacial score (nSPS) is 28.2. The molecule has 0 aliphatic carbocycles. The topological polar surface area (TPSA) is 43.7 Å². The lowest BCUT2D eigenvalue weighted by Crippen LogP contribution is -2.39. The molecule has 2 aliphatic heterocycles. The maximum Gasteiger partial charge on any atom is 0.123 e. The van der Waals surface area contributed by atoms with Crippen molar-refractivity contribution in [1.82, 2.24) is 4.90 Å². The minimum absolute atomic E-state index is 0.304. The first kappa shape index (κ1) is 15.7. The van der Waals surface area contributed by atoms with Crippen molar-refractivity contribution in [2.75, 3.05) is 7.05 Å². The molecule has 0 aromatic heterocycles. The van der Waals surface area contributed by atoms with E-state index >= 15 is 0 Å². The van der Waals surface area contributed by atoms with E-state index in [0.29, 0.717) is 29.5 Å². The second-order valence-electron chi connectivity index (χ2n) is 7.22. The smallest absolute Gasteiger partial charge is 0.123 e. The number of unbranched alkanes of at least 4 members (excludes halogenated alkanes) is 2. The van der Waals surface area contributed by atoms with Gasteiger partial charge in [0.15, 0.2) is 0 Å². The number of rotatable bonds is 5. The van der Waals surface area contributed by atoms with E-state index in [-0.39, 0.29) is 0 Å². The van der Waals surface area contributed by atoms with Gasteiger partial charge in [-0.1, -0.05) is 19.8 Å².